The summed E-state index contributed by atoms with van der Waals surface area (Å²) in [4.78, 5) is 13.6. The van der Waals surface area contributed by atoms with Gasteiger partial charge in [-0.15, -0.1) is 0 Å². The van der Waals surface area contributed by atoms with Crippen molar-refractivity contribution in [1.29, 1.82) is 5.26 Å². The van der Waals surface area contributed by atoms with Crippen molar-refractivity contribution in [2.45, 2.75) is 13.3 Å². The van der Waals surface area contributed by atoms with Crippen LogP contribution in [0.15, 0.2) is 24.4 Å². The fraction of sp³-hybridized carbons (Fsp3) is 0.143. The minimum atomic E-state index is -1.03. The second kappa shape index (κ2) is 4.94. The first-order chi connectivity index (χ1) is 9.08. The Hall–Kier alpha value is -2.61. The number of hydrogen-bond acceptors (Lipinski definition) is 2. The third-order valence-corrected chi connectivity index (χ3v) is 2.94. The Morgan fingerprint density at radius 3 is 2.89 bits per heavy atom. The van der Waals surface area contributed by atoms with E-state index in [-0.39, 0.29) is 5.56 Å². The summed E-state index contributed by atoms with van der Waals surface area (Å²) in [5.41, 5.74) is 1.63. The zero-order valence-electron chi connectivity index (χ0n) is 10.2. The average Bonchev–Trinajstić information content (AvgIpc) is 2.79. The minimum Gasteiger partial charge on any atom is -0.478 e. The molecule has 0 unspecified atom stereocenters. The number of aromatic amines is 1. The highest BCUT2D eigenvalue weighted by Crippen LogP contribution is 2.29. The number of nitriles is 1. The lowest BCUT2D eigenvalue weighted by Crippen LogP contribution is -1.91. The lowest BCUT2D eigenvalue weighted by molar-refractivity contribution is -0.131. The number of carbonyl (C=O) groups is 1. The van der Waals surface area contributed by atoms with E-state index in [9.17, 15) is 9.18 Å². The van der Waals surface area contributed by atoms with Crippen LogP contribution in [0.3, 0.4) is 0 Å². The molecule has 2 rings (SSSR count). The SMILES string of the molecule is CC/C(=C\C(=O)O)c1c[nH]c2c(C#N)c(F)ccc12. The van der Waals surface area contributed by atoms with Gasteiger partial charge in [0.25, 0.3) is 0 Å². The van der Waals surface area contributed by atoms with E-state index >= 15 is 0 Å². The molecule has 1 heterocycles. The van der Waals surface area contributed by atoms with Gasteiger partial charge in [-0.05, 0) is 24.1 Å². The third kappa shape index (κ3) is 2.20. The molecule has 0 saturated heterocycles. The maximum Gasteiger partial charge on any atom is 0.328 e. The molecule has 2 N–H and O–H groups in total. The fourth-order valence-electron chi connectivity index (χ4n) is 2.07. The number of fused-ring (bicyclic) bond motifs is 1. The van der Waals surface area contributed by atoms with Gasteiger partial charge in [0.05, 0.1) is 5.52 Å². The lowest BCUT2D eigenvalue weighted by atomic mass is 10.0. The maximum absolute atomic E-state index is 13.5. The zero-order chi connectivity index (χ0) is 14.0. The number of aromatic nitrogens is 1. The first kappa shape index (κ1) is 12.8. The molecule has 0 saturated carbocycles. The standard InChI is InChI=1S/C14H11FN2O2/c1-2-8(5-13(18)19)11-7-17-14-9(11)3-4-12(15)10(14)6-16/h3-5,7,17H,2H2,1H3,(H,18,19)/b8-5+. The highest BCUT2D eigenvalue weighted by Gasteiger charge is 2.14. The molecule has 0 aliphatic carbocycles. The van der Waals surface area contributed by atoms with Gasteiger partial charge in [0.2, 0.25) is 0 Å². The Labute approximate surface area is 108 Å². The summed E-state index contributed by atoms with van der Waals surface area (Å²) < 4.78 is 13.5. The molecule has 19 heavy (non-hydrogen) atoms. The van der Waals surface area contributed by atoms with Crippen molar-refractivity contribution < 1.29 is 14.3 Å². The second-order valence-corrected chi connectivity index (χ2v) is 4.02. The summed E-state index contributed by atoms with van der Waals surface area (Å²) in [6.45, 7) is 1.84. The van der Waals surface area contributed by atoms with Crippen molar-refractivity contribution >= 4 is 22.4 Å². The van der Waals surface area contributed by atoms with Gasteiger partial charge in [-0.3, -0.25) is 0 Å². The molecular weight excluding hydrogens is 247 g/mol. The van der Waals surface area contributed by atoms with Crippen molar-refractivity contribution in [2.24, 2.45) is 0 Å². The second-order valence-electron chi connectivity index (χ2n) is 4.02. The minimum absolute atomic E-state index is 0.0606. The van der Waals surface area contributed by atoms with Crippen molar-refractivity contribution in [1.82, 2.24) is 4.98 Å². The van der Waals surface area contributed by atoms with Crippen LogP contribution in [0.4, 0.5) is 4.39 Å². The number of halogens is 1. The van der Waals surface area contributed by atoms with Crippen LogP contribution >= 0.6 is 0 Å². The summed E-state index contributed by atoms with van der Waals surface area (Å²) >= 11 is 0. The van der Waals surface area contributed by atoms with Gasteiger partial charge in [-0.25, -0.2) is 9.18 Å². The Morgan fingerprint density at radius 1 is 1.58 bits per heavy atom. The summed E-state index contributed by atoms with van der Waals surface area (Å²) in [5.74, 6) is -1.63. The summed E-state index contributed by atoms with van der Waals surface area (Å²) in [6.07, 6.45) is 3.25. The monoisotopic (exact) mass is 258 g/mol. The number of carboxylic acids is 1. The molecule has 0 fully saturated rings. The Balaban J connectivity index is 2.71. The van der Waals surface area contributed by atoms with E-state index in [2.05, 4.69) is 4.98 Å². The van der Waals surface area contributed by atoms with Crippen molar-refractivity contribution in [3.8, 4) is 6.07 Å². The Kier molecular flexibility index (Phi) is 3.34. The van der Waals surface area contributed by atoms with Gasteiger partial charge in [-0.1, -0.05) is 6.92 Å². The van der Waals surface area contributed by atoms with E-state index < -0.39 is 11.8 Å². The molecule has 0 atom stereocenters. The third-order valence-electron chi connectivity index (χ3n) is 2.94. The molecule has 0 radical (unpaired) electrons. The lowest BCUT2D eigenvalue weighted by Gasteiger charge is -2.02. The molecule has 4 nitrogen and oxygen atoms in total. The molecule has 5 heteroatoms. The molecule has 1 aromatic carbocycles. The van der Waals surface area contributed by atoms with E-state index in [0.717, 1.165) is 6.08 Å². The van der Waals surface area contributed by atoms with E-state index in [0.29, 0.717) is 28.5 Å². The fourth-order valence-corrected chi connectivity index (χ4v) is 2.07. The smallest absolute Gasteiger partial charge is 0.328 e. The Bertz CT molecular complexity index is 723. The van der Waals surface area contributed by atoms with Gasteiger partial charge in [0, 0.05) is 23.2 Å². The topological polar surface area (TPSA) is 76.9 Å². The molecular formula is C14H11FN2O2. The van der Waals surface area contributed by atoms with E-state index in [1.807, 2.05) is 13.0 Å². The number of allylic oxidation sites excluding steroid dienone is 1. The van der Waals surface area contributed by atoms with E-state index in [1.165, 1.54) is 6.07 Å². The first-order valence-corrected chi connectivity index (χ1v) is 5.72. The van der Waals surface area contributed by atoms with Crippen LogP contribution < -0.4 is 0 Å². The van der Waals surface area contributed by atoms with Crippen LogP contribution in [0.1, 0.15) is 24.5 Å². The van der Waals surface area contributed by atoms with Crippen LogP contribution in [0.5, 0.6) is 0 Å². The molecule has 2 aromatic rings. The van der Waals surface area contributed by atoms with Crippen molar-refractivity contribution in [3.63, 3.8) is 0 Å². The number of benzene rings is 1. The summed E-state index contributed by atoms with van der Waals surface area (Å²) in [5, 5.41) is 18.4. The van der Waals surface area contributed by atoms with Gasteiger partial charge >= 0.3 is 5.97 Å². The molecule has 0 aliphatic heterocycles. The van der Waals surface area contributed by atoms with Gasteiger partial charge in [0.1, 0.15) is 17.4 Å². The van der Waals surface area contributed by atoms with Gasteiger partial charge < -0.3 is 10.1 Å². The van der Waals surface area contributed by atoms with Crippen LogP contribution in [-0.4, -0.2) is 16.1 Å². The number of nitrogens with one attached hydrogen (secondary N) is 1. The molecule has 96 valence electrons. The number of aliphatic carboxylic acids is 1. The number of hydrogen-bond donors (Lipinski definition) is 2. The van der Waals surface area contributed by atoms with Gasteiger partial charge in [0.15, 0.2) is 0 Å². The molecule has 1 aromatic heterocycles. The Morgan fingerprint density at radius 2 is 2.32 bits per heavy atom. The summed E-state index contributed by atoms with van der Waals surface area (Å²) in [7, 11) is 0. The van der Waals surface area contributed by atoms with Gasteiger partial charge in [-0.2, -0.15) is 5.26 Å². The van der Waals surface area contributed by atoms with Crippen molar-refractivity contribution in [2.75, 3.05) is 0 Å². The predicted octanol–water partition coefficient (Wildman–Crippen LogP) is 3.06. The normalized spacial score (nSPS) is 11.5. The molecule has 0 spiro atoms. The zero-order valence-corrected chi connectivity index (χ0v) is 10.2. The number of rotatable bonds is 3. The number of carboxylic acid groups (broad SMARTS) is 1. The number of nitrogens with zero attached hydrogens (tertiary/aromatic N) is 1. The predicted molar refractivity (Wildman–Crippen MR) is 68.9 cm³/mol. The highest BCUT2D eigenvalue weighted by molar-refractivity contribution is 5.99. The van der Waals surface area contributed by atoms with E-state index in [1.54, 1.807) is 12.3 Å². The van der Waals surface area contributed by atoms with Crippen LogP contribution in [0.2, 0.25) is 0 Å². The quantitative estimate of drug-likeness (QED) is 0.830. The maximum atomic E-state index is 13.5. The molecule has 0 amide bonds. The molecule has 0 aliphatic rings. The highest BCUT2D eigenvalue weighted by atomic mass is 19.1. The largest absolute Gasteiger partial charge is 0.478 e. The average molecular weight is 258 g/mol. The molecule has 0 bridgehead atoms. The number of H-pyrrole nitrogens is 1. The van der Waals surface area contributed by atoms with Crippen LogP contribution in [-0.2, 0) is 4.79 Å². The van der Waals surface area contributed by atoms with Crippen LogP contribution in [0, 0.1) is 17.1 Å². The first-order valence-electron chi connectivity index (χ1n) is 5.72. The van der Waals surface area contributed by atoms with Crippen LogP contribution in [0.25, 0.3) is 16.5 Å². The summed E-state index contributed by atoms with van der Waals surface area (Å²) in [6, 6.07) is 4.57. The van der Waals surface area contributed by atoms with Crippen molar-refractivity contribution in [3.05, 3.63) is 41.3 Å². The van der Waals surface area contributed by atoms with E-state index in [4.69, 9.17) is 10.4 Å².